The zero-order valence-corrected chi connectivity index (χ0v) is 16.6. The number of rotatable bonds is 4. The molecule has 0 saturated heterocycles. The van der Waals surface area contributed by atoms with E-state index in [1.165, 1.54) is 6.07 Å². The average Bonchev–Trinajstić information content (AvgIpc) is 2.67. The molecular weight excluding hydrogens is 450 g/mol. The number of carboxylic acid groups (broad SMARTS) is 2. The number of hydrogen-bond donors (Lipinski definition) is 11. The molecule has 0 saturated carbocycles. The van der Waals surface area contributed by atoms with E-state index in [4.69, 9.17) is 40.9 Å². The van der Waals surface area contributed by atoms with Crippen LogP contribution in [0.5, 0.6) is 0 Å². The van der Waals surface area contributed by atoms with Crippen molar-refractivity contribution < 1.29 is 50.4 Å². The van der Waals surface area contributed by atoms with Gasteiger partial charge in [0.15, 0.2) is 16.9 Å². The lowest BCUT2D eigenvalue weighted by atomic mass is 10.0. The summed E-state index contributed by atoms with van der Waals surface area (Å²) in [7, 11) is 0. The highest BCUT2D eigenvalue weighted by Crippen LogP contribution is 2.22. The van der Waals surface area contributed by atoms with Crippen LogP contribution in [-0.2, 0) is 0 Å². The third-order valence-corrected chi connectivity index (χ3v) is 4.47. The lowest BCUT2D eigenvalue weighted by Gasteiger charge is -2.28. The molecule has 0 fully saturated rings. The number of nitrogens with two attached hydrogens (primary N) is 1. The second-order valence-corrected chi connectivity index (χ2v) is 6.90. The summed E-state index contributed by atoms with van der Waals surface area (Å²) in [5.41, 5.74) is 3.73. The fraction of sp³-hybridized carbons (Fsp3) is 0.222. The molecule has 3 aromatic rings. The highest BCUT2D eigenvalue weighted by molar-refractivity contribution is 6.01. The smallest absolute Gasteiger partial charge is 0.352 e. The van der Waals surface area contributed by atoms with Crippen molar-refractivity contribution in [2.75, 3.05) is 0 Å². The first-order valence-corrected chi connectivity index (χ1v) is 8.75. The number of benzene rings is 1. The number of aliphatic hydroxyl groups is 6. The van der Waals surface area contributed by atoms with Gasteiger partial charge in [-0.25, -0.2) is 9.59 Å². The molecule has 0 radical (unpaired) electrons. The van der Waals surface area contributed by atoms with Gasteiger partial charge < -0.3 is 56.6 Å². The Hall–Kier alpha value is -3.70. The number of aromatic amines is 2. The molecule has 33 heavy (non-hydrogen) atoms. The fourth-order valence-corrected chi connectivity index (χ4v) is 2.78. The normalized spacial score (nSPS) is 12.0. The van der Waals surface area contributed by atoms with Gasteiger partial charge in [-0.15, -0.1) is 0 Å². The molecule has 0 aliphatic carbocycles. The molecule has 0 spiro atoms. The Bertz CT molecular complexity index is 1260. The van der Waals surface area contributed by atoms with Gasteiger partial charge in [-0.1, -0.05) is 0 Å². The maximum Gasteiger partial charge on any atom is 0.352 e. The van der Waals surface area contributed by atoms with E-state index < -0.39 is 40.8 Å². The second-order valence-electron chi connectivity index (χ2n) is 6.90. The Morgan fingerprint density at radius 3 is 1.36 bits per heavy atom. The number of nitrogens with one attached hydrogen (secondary N) is 2. The first kappa shape index (κ1) is 25.6. The van der Waals surface area contributed by atoms with Gasteiger partial charge in [0, 0.05) is 22.9 Å². The highest BCUT2D eigenvalue weighted by atomic mass is 16.7. The van der Waals surface area contributed by atoms with Crippen LogP contribution in [-0.4, -0.2) is 80.7 Å². The van der Waals surface area contributed by atoms with E-state index in [9.17, 15) is 19.2 Å². The number of fused-ring (bicyclic) bond motifs is 2. The quantitative estimate of drug-likeness (QED) is 0.132. The summed E-state index contributed by atoms with van der Waals surface area (Å²) in [6, 6.07) is 0.804. The van der Waals surface area contributed by atoms with E-state index in [0.717, 1.165) is 12.1 Å². The largest absolute Gasteiger partial charge is 0.477 e. The second kappa shape index (κ2) is 8.68. The number of aromatic carboxylic acids is 2. The van der Waals surface area contributed by atoms with Crippen molar-refractivity contribution in [2.45, 2.75) is 24.9 Å². The lowest BCUT2D eigenvalue weighted by molar-refractivity contribution is -0.411. The van der Waals surface area contributed by atoms with Crippen molar-refractivity contribution in [3.8, 4) is 0 Å². The summed E-state index contributed by atoms with van der Waals surface area (Å²) in [6.45, 7) is 1.56. The minimum Gasteiger partial charge on any atom is -0.477 e. The van der Waals surface area contributed by atoms with Crippen molar-refractivity contribution in [3.05, 3.63) is 55.6 Å². The first-order chi connectivity index (χ1) is 14.9. The molecule has 15 heteroatoms. The van der Waals surface area contributed by atoms with Crippen LogP contribution >= 0.6 is 0 Å². The van der Waals surface area contributed by atoms with Crippen molar-refractivity contribution in [1.29, 1.82) is 0 Å². The number of carboxylic acids is 2. The molecule has 0 unspecified atom stereocenters. The maximum atomic E-state index is 12.1. The Morgan fingerprint density at radius 1 is 0.788 bits per heavy atom. The van der Waals surface area contributed by atoms with E-state index in [-0.39, 0.29) is 33.2 Å². The fourth-order valence-electron chi connectivity index (χ4n) is 2.78. The number of H-pyrrole nitrogens is 2. The zero-order valence-electron chi connectivity index (χ0n) is 16.6. The van der Waals surface area contributed by atoms with Crippen molar-refractivity contribution in [1.82, 2.24) is 9.97 Å². The molecule has 2 heterocycles. The van der Waals surface area contributed by atoms with Gasteiger partial charge >= 0.3 is 11.9 Å². The molecule has 15 nitrogen and oxygen atoms in total. The molecule has 2 aromatic heterocycles. The van der Waals surface area contributed by atoms with Crippen LogP contribution in [0.4, 0.5) is 0 Å². The molecule has 0 amide bonds. The average molecular weight is 469 g/mol. The number of aromatic nitrogens is 2. The number of carbonyl (C=O) groups is 2. The number of pyridine rings is 2. The summed E-state index contributed by atoms with van der Waals surface area (Å²) in [5, 5.41) is 67.1. The van der Waals surface area contributed by atoms with Gasteiger partial charge in [-0.2, -0.15) is 0 Å². The van der Waals surface area contributed by atoms with Gasteiger partial charge in [-0.3, -0.25) is 9.59 Å². The van der Waals surface area contributed by atoms with E-state index in [1.54, 1.807) is 6.92 Å². The van der Waals surface area contributed by atoms with Gasteiger partial charge in [0.1, 0.15) is 11.4 Å². The highest BCUT2D eigenvalue weighted by Gasteiger charge is 2.44. The van der Waals surface area contributed by atoms with Gasteiger partial charge in [0.2, 0.25) is 0 Å². The number of hydrogen-bond acceptors (Lipinski definition) is 11. The van der Waals surface area contributed by atoms with Crippen LogP contribution in [0, 0.1) is 6.92 Å². The number of aryl methyl sites for hydroxylation is 1. The van der Waals surface area contributed by atoms with E-state index in [1.807, 2.05) is 0 Å². The molecular formula is C18H19N3O12. The predicted octanol–water partition coefficient (Wildman–Crippen LogP) is -3.35. The van der Waals surface area contributed by atoms with E-state index >= 15 is 0 Å². The van der Waals surface area contributed by atoms with Crippen molar-refractivity contribution >= 4 is 33.7 Å². The Morgan fingerprint density at radius 2 is 1.12 bits per heavy atom. The van der Waals surface area contributed by atoms with Crippen molar-refractivity contribution in [3.63, 3.8) is 0 Å². The molecule has 0 aliphatic heterocycles. The van der Waals surface area contributed by atoms with E-state index in [2.05, 4.69) is 15.7 Å². The molecule has 3 rings (SSSR count). The van der Waals surface area contributed by atoms with Crippen LogP contribution in [0.25, 0.3) is 21.8 Å². The van der Waals surface area contributed by atoms with Crippen LogP contribution in [0.3, 0.4) is 0 Å². The molecule has 12 N–H and O–H groups in total. The molecule has 0 bridgehead atoms. The topological polar surface area (TPSA) is 288 Å². The third-order valence-electron chi connectivity index (χ3n) is 4.47. The maximum absolute atomic E-state index is 12.1. The first-order valence-electron chi connectivity index (χ1n) is 8.75. The van der Waals surface area contributed by atoms with Gasteiger partial charge in [0.05, 0.1) is 11.0 Å². The summed E-state index contributed by atoms with van der Waals surface area (Å²) in [5.74, 6) is -9.65. The summed E-state index contributed by atoms with van der Waals surface area (Å²) in [6.07, 6.45) is 0. The predicted molar refractivity (Wildman–Crippen MR) is 108 cm³/mol. The Kier molecular flexibility index (Phi) is 6.72. The molecule has 0 atom stereocenters. The molecule has 1 aromatic carbocycles. The lowest BCUT2D eigenvalue weighted by Crippen LogP contribution is -2.61. The summed E-state index contributed by atoms with van der Waals surface area (Å²) < 4.78 is 0. The SMILES string of the molecule is Cc1c2[nH]c(C(=O)O)cc(=O)c2cc2c(=O)cc(C(=O)O)[nH]c12.NC(C(O)(O)O)C(O)(O)O. The van der Waals surface area contributed by atoms with Gasteiger partial charge in [-0.05, 0) is 18.6 Å². The zero-order chi connectivity index (χ0) is 25.5. The summed E-state index contributed by atoms with van der Waals surface area (Å²) >= 11 is 0. The van der Waals surface area contributed by atoms with Crippen LogP contribution in [0.15, 0.2) is 27.8 Å². The summed E-state index contributed by atoms with van der Waals surface area (Å²) in [4.78, 5) is 51.6. The Balaban J connectivity index is 0.000000328. The van der Waals surface area contributed by atoms with E-state index in [0.29, 0.717) is 5.56 Å². The molecule has 178 valence electrons. The molecule has 0 aliphatic rings. The van der Waals surface area contributed by atoms with Crippen LogP contribution < -0.4 is 16.6 Å². The Labute approximate surface area is 181 Å². The monoisotopic (exact) mass is 469 g/mol. The minimum atomic E-state index is -3.53. The van der Waals surface area contributed by atoms with Crippen LogP contribution in [0.1, 0.15) is 26.5 Å². The minimum absolute atomic E-state index is 0.161. The standard InChI is InChI=1S/C15H10N2O6.C3H9NO6/c1-5-12-6(10(18)3-8(16-12)14(20)21)2-7-11(19)4-9(15(22)23)17-13(5)7;4-1(2(5,6)7)3(8,9)10/h2-4H,1H3,(H,16,18)(H,17,19)(H,20,21)(H,22,23);1,5-10H,4H2. The van der Waals surface area contributed by atoms with Crippen LogP contribution in [0.2, 0.25) is 0 Å². The van der Waals surface area contributed by atoms with Gasteiger partial charge in [0.25, 0.3) is 11.9 Å². The van der Waals surface area contributed by atoms with Crippen molar-refractivity contribution in [2.24, 2.45) is 5.73 Å². The third kappa shape index (κ3) is 5.38.